The molecule has 0 bridgehead atoms. The number of benzene rings is 1. The van der Waals surface area contributed by atoms with Crippen molar-refractivity contribution in [1.29, 1.82) is 0 Å². The number of pyridine rings is 1. The minimum atomic E-state index is 0.0360. The van der Waals surface area contributed by atoms with E-state index in [2.05, 4.69) is 30.2 Å². The Morgan fingerprint density at radius 2 is 1.80 bits per heavy atom. The summed E-state index contributed by atoms with van der Waals surface area (Å²) in [5.41, 5.74) is 2.56. The van der Waals surface area contributed by atoms with E-state index in [4.69, 9.17) is 0 Å². The molecule has 0 saturated heterocycles. The van der Waals surface area contributed by atoms with Crippen molar-refractivity contribution in [3.63, 3.8) is 0 Å². The van der Waals surface area contributed by atoms with Crippen LogP contribution in [0.4, 0.5) is 5.82 Å². The van der Waals surface area contributed by atoms with E-state index >= 15 is 0 Å². The number of aryl methyl sites for hydroxylation is 1. The number of rotatable bonds is 11. The zero-order valence-electron chi connectivity index (χ0n) is 15.6. The fourth-order valence-corrected chi connectivity index (χ4v) is 2.93. The van der Waals surface area contributed by atoms with Gasteiger partial charge in [-0.25, -0.2) is 4.98 Å². The zero-order valence-corrected chi connectivity index (χ0v) is 15.6. The second-order valence-electron chi connectivity index (χ2n) is 6.48. The van der Waals surface area contributed by atoms with Gasteiger partial charge >= 0.3 is 0 Å². The number of aromatic nitrogens is 1. The number of carbonyl (C=O) groups excluding carboxylic acids is 1. The van der Waals surface area contributed by atoms with Crippen molar-refractivity contribution in [1.82, 2.24) is 4.98 Å². The molecule has 0 aliphatic rings. The Morgan fingerprint density at radius 3 is 2.60 bits per heavy atom. The molecular formula is C22H30N2O. The molecule has 2 aromatic rings. The van der Waals surface area contributed by atoms with Crippen LogP contribution < -0.4 is 5.32 Å². The van der Waals surface area contributed by atoms with E-state index < -0.39 is 0 Å². The quantitative estimate of drug-likeness (QED) is 0.425. The van der Waals surface area contributed by atoms with Crippen molar-refractivity contribution < 1.29 is 4.79 Å². The molecule has 0 radical (unpaired) electrons. The van der Waals surface area contributed by atoms with E-state index in [1.54, 1.807) is 6.20 Å². The lowest BCUT2D eigenvalue weighted by atomic mass is 10.0. The Balaban J connectivity index is 1.96. The highest BCUT2D eigenvalue weighted by atomic mass is 16.1. The first kappa shape index (κ1) is 19.2. The summed E-state index contributed by atoms with van der Waals surface area (Å²) in [4.78, 5) is 17.2. The molecule has 0 saturated carbocycles. The van der Waals surface area contributed by atoms with Crippen LogP contribution in [0.25, 0.3) is 0 Å². The molecule has 0 aliphatic heterocycles. The van der Waals surface area contributed by atoms with Gasteiger partial charge in [-0.2, -0.15) is 0 Å². The van der Waals surface area contributed by atoms with E-state index in [9.17, 15) is 4.79 Å². The summed E-state index contributed by atoms with van der Waals surface area (Å²) in [5.74, 6) is 0.733. The topological polar surface area (TPSA) is 42.0 Å². The second kappa shape index (κ2) is 10.7. The number of nitrogens with one attached hydrogen (secondary N) is 1. The van der Waals surface area contributed by atoms with E-state index in [1.165, 1.54) is 37.7 Å². The fourth-order valence-electron chi connectivity index (χ4n) is 2.93. The Labute approximate surface area is 151 Å². The Hall–Kier alpha value is -2.16. The highest BCUT2D eigenvalue weighted by Crippen LogP contribution is 2.18. The predicted octanol–water partition coefficient (Wildman–Crippen LogP) is 5.65. The summed E-state index contributed by atoms with van der Waals surface area (Å²) in [6, 6.07) is 11.5. The maximum absolute atomic E-state index is 12.9. The number of hydrogen-bond donors (Lipinski definition) is 1. The van der Waals surface area contributed by atoms with Gasteiger partial charge in [0.15, 0.2) is 5.78 Å². The van der Waals surface area contributed by atoms with Gasteiger partial charge in [-0.3, -0.25) is 4.79 Å². The summed E-state index contributed by atoms with van der Waals surface area (Å²) in [6.07, 6.45) is 10.2. The van der Waals surface area contributed by atoms with Crippen molar-refractivity contribution in [2.45, 2.75) is 58.8 Å². The van der Waals surface area contributed by atoms with Gasteiger partial charge in [0.05, 0.1) is 5.56 Å². The van der Waals surface area contributed by atoms with Crippen molar-refractivity contribution >= 4 is 11.6 Å². The Bertz CT molecular complexity index is 667. The van der Waals surface area contributed by atoms with Crippen LogP contribution in [-0.4, -0.2) is 17.3 Å². The first-order chi connectivity index (χ1) is 12.3. The van der Waals surface area contributed by atoms with E-state index in [1.807, 2.05) is 30.3 Å². The molecule has 2 rings (SSSR count). The molecule has 1 aromatic carbocycles. The summed E-state index contributed by atoms with van der Waals surface area (Å²) in [7, 11) is 0. The van der Waals surface area contributed by atoms with Crippen LogP contribution in [0, 0.1) is 0 Å². The van der Waals surface area contributed by atoms with Crippen LogP contribution in [0.15, 0.2) is 42.6 Å². The summed E-state index contributed by atoms with van der Waals surface area (Å²) >= 11 is 0. The number of unbranched alkanes of at least 4 members (excludes halogenated alkanes) is 5. The zero-order chi connectivity index (χ0) is 17.9. The molecule has 0 amide bonds. The van der Waals surface area contributed by atoms with Crippen LogP contribution in [0.2, 0.25) is 0 Å². The van der Waals surface area contributed by atoms with Crippen LogP contribution in [0.5, 0.6) is 0 Å². The summed E-state index contributed by atoms with van der Waals surface area (Å²) in [6.45, 7) is 5.19. The lowest BCUT2D eigenvalue weighted by Crippen LogP contribution is -2.11. The van der Waals surface area contributed by atoms with Gasteiger partial charge < -0.3 is 5.32 Å². The van der Waals surface area contributed by atoms with E-state index in [0.717, 1.165) is 24.9 Å². The molecule has 3 heteroatoms. The average Bonchev–Trinajstić information content (AvgIpc) is 2.67. The van der Waals surface area contributed by atoms with Crippen molar-refractivity contribution in [2.24, 2.45) is 0 Å². The lowest BCUT2D eigenvalue weighted by molar-refractivity contribution is 0.103. The Kier molecular flexibility index (Phi) is 8.17. The van der Waals surface area contributed by atoms with Crippen molar-refractivity contribution in [2.75, 3.05) is 11.9 Å². The maximum Gasteiger partial charge on any atom is 0.196 e. The molecule has 1 N–H and O–H groups in total. The largest absolute Gasteiger partial charge is 0.369 e. The number of ketones is 1. The van der Waals surface area contributed by atoms with Gasteiger partial charge in [-0.1, -0.05) is 64.2 Å². The molecule has 0 spiro atoms. The van der Waals surface area contributed by atoms with Crippen LogP contribution in [0.3, 0.4) is 0 Å². The molecular weight excluding hydrogens is 308 g/mol. The molecule has 1 heterocycles. The highest BCUT2D eigenvalue weighted by Gasteiger charge is 2.14. The minimum absolute atomic E-state index is 0.0360. The summed E-state index contributed by atoms with van der Waals surface area (Å²) < 4.78 is 0. The smallest absolute Gasteiger partial charge is 0.196 e. The number of hydrogen-bond acceptors (Lipinski definition) is 3. The van der Waals surface area contributed by atoms with Crippen LogP contribution in [-0.2, 0) is 6.42 Å². The van der Waals surface area contributed by atoms with Crippen LogP contribution in [0.1, 0.15) is 73.9 Å². The monoisotopic (exact) mass is 338 g/mol. The third kappa shape index (κ3) is 6.00. The van der Waals surface area contributed by atoms with Crippen LogP contribution >= 0.6 is 0 Å². The lowest BCUT2D eigenvalue weighted by Gasteiger charge is -2.11. The molecule has 0 fully saturated rings. The third-order valence-electron chi connectivity index (χ3n) is 4.47. The van der Waals surface area contributed by atoms with E-state index in [0.29, 0.717) is 11.4 Å². The number of nitrogens with zero attached hydrogens (tertiary/aromatic N) is 1. The molecule has 0 aliphatic carbocycles. The minimum Gasteiger partial charge on any atom is -0.369 e. The van der Waals surface area contributed by atoms with Gasteiger partial charge in [0.25, 0.3) is 0 Å². The molecule has 0 atom stereocenters. The van der Waals surface area contributed by atoms with Crippen molar-refractivity contribution in [3.05, 3.63) is 59.3 Å². The number of anilines is 1. The molecule has 1 aromatic heterocycles. The predicted molar refractivity (Wildman–Crippen MR) is 105 cm³/mol. The van der Waals surface area contributed by atoms with Gasteiger partial charge in [-0.15, -0.1) is 0 Å². The SMILES string of the molecule is CCCCCCCCNc1ncccc1C(=O)c1cccc(CC)c1. The number of carbonyl (C=O) groups is 1. The first-order valence-electron chi connectivity index (χ1n) is 9.58. The third-order valence-corrected chi connectivity index (χ3v) is 4.47. The van der Waals surface area contributed by atoms with Crippen molar-refractivity contribution in [3.8, 4) is 0 Å². The maximum atomic E-state index is 12.9. The second-order valence-corrected chi connectivity index (χ2v) is 6.48. The van der Waals surface area contributed by atoms with Gasteiger partial charge in [0.2, 0.25) is 0 Å². The van der Waals surface area contributed by atoms with Gasteiger partial charge in [0, 0.05) is 18.3 Å². The first-order valence-corrected chi connectivity index (χ1v) is 9.58. The summed E-state index contributed by atoms with van der Waals surface area (Å²) in [5, 5.41) is 3.35. The molecule has 3 nitrogen and oxygen atoms in total. The molecule has 25 heavy (non-hydrogen) atoms. The fraction of sp³-hybridized carbons (Fsp3) is 0.455. The van der Waals surface area contributed by atoms with Gasteiger partial charge in [0.1, 0.15) is 5.82 Å². The highest BCUT2D eigenvalue weighted by molar-refractivity contribution is 6.11. The van der Waals surface area contributed by atoms with Gasteiger partial charge in [-0.05, 0) is 36.6 Å². The molecule has 0 unspecified atom stereocenters. The average molecular weight is 338 g/mol. The Morgan fingerprint density at radius 1 is 1.00 bits per heavy atom. The normalized spacial score (nSPS) is 10.6. The van der Waals surface area contributed by atoms with E-state index in [-0.39, 0.29) is 5.78 Å². The standard InChI is InChI=1S/C22H30N2O/c1-3-5-6-7-8-9-15-23-22-20(14-11-16-24-22)21(25)19-13-10-12-18(4-2)17-19/h10-14,16-17H,3-9,15H2,1-2H3,(H,23,24). The molecule has 134 valence electrons.